The van der Waals surface area contributed by atoms with Crippen LogP contribution in [0.1, 0.15) is 38.2 Å². The Labute approximate surface area is 104 Å². The van der Waals surface area contributed by atoms with Gasteiger partial charge < -0.3 is 10.5 Å². The van der Waals surface area contributed by atoms with Crippen molar-refractivity contribution in [3.63, 3.8) is 0 Å². The summed E-state index contributed by atoms with van der Waals surface area (Å²) in [4.78, 5) is 0. The lowest BCUT2D eigenvalue weighted by atomic mass is 9.78. The third kappa shape index (κ3) is 2.63. The van der Waals surface area contributed by atoms with Crippen LogP contribution in [0, 0.1) is 5.41 Å². The van der Waals surface area contributed by atoms with E-state index in [1.807, 2.05) is 12.1 Å². The van der Waals surface area contributed by atoms with Crippen molar-refractivity contribution in [1.29, 1.82) is 0 Å². The molecule has 2 rings (SSSR count). The number of methoxy groups -OCH3 is 1. The average molecular weight is 233 g/mol. The lowest BCUT2D eigenvalue weighted by Gasteiger charge is -2.31. The number of benzene rings is 1. The number of hydrogen-bond acceptors (Lipinski definition) is 2. The fourth-order valence-electron chi connectivity index (χ4n) is 2.91. The van der Waals surface area contributed by atoms with Crippen LogP contribution in [0.5, 0.6) is 5.75 Å². The van der Waals surface area contributed by atoms with Crippen LogP contribution >= 0.6 is 0 Å². The molecular formula is C15H23NO. The van der Waals surface area contributed by atoms with Crippen LogP contribution in [0.25, 0.3) is 0 Å². The van der Waals surface area contributed by atoms with Gasteiger partial charge in [0.2, 0.25) is 0 Å². The molecule has 1 fully saturated rings. The molecule has 2 nitrogen and oxygen atoms in total. The molecule has 1 atom stereocenters. The molecule has 17 heavy (non-hydrogen) atoms. The molecule has 94 valence electrons. The van der Waals surface area contributed by atoms with Gasteiger partial charge in [0.1, 0.15) is 5.75 Å². The number of rotatable bonds is 4. The molecule has 1 aliphatic rings. The second-order valence-electron chi connectivity index (χ2n) is 5.48. The first-order valence-corrected chi connectivity index (χ1v) is 6.53. The Morgan fingerprint density at radius 1 is 1.29 bits per heavy atom. The van der Waals surface area contributed by atoms with E-state index in [4.69, 9.17) is 10.5 Å². The maximum absolute atomic E-state index is 6.41. The molecular weight excluding hydrogens is 210 g/mol. The highest BCUT2D eigenvalue weighted by Gasteiger charge is 2.34. The summed E-state index contributed by atoms with van der Waals surface area (Å²) >= 11 is 0. The zero-order valence-electron chi connectivity index (χ0n) is 10.9. The molecule has 0 heterocycles. The molecule has 0 aromatic heterocycles. The molecule has 0 radical (unpaired) electrons. The first kappa shape index (κ1) is 12.4. The van der Waals surface area contributed by atoms with Gasteiger partial charge in [0.05, 0.1) is 7.11 Å². The van der Waals surface area contributed by atoms with Gasteiger partial charge in [-0.3, -0.25) is 0 Å². The largest absolute Gasteiger partial charge is 0.496 e. The molecule has 0 amide bonds. The molecule has 0 bridgehead atoms. The van der Waals surface area contributed by atoms with E-state index in [0.29, 0.717) is 5.41 Å². The van der Waals surface area contributed by atoms with E-state index in [9.17, 15) is 0 Å². The predicted molar refractivity (Wildman–Crippen MR) is 71.2 cm³/mol. The van der Waals surface area contributed by atoms with Crippen LogP contribution in [0.3, 0.4) is 0 Å². The Balaban J connectivity index is 2.09. The van der Waals surface area contributed by atoms with Crippen molar-refractivity contribution in [3.05, 3.63) is 29.8 Å². The van der Waals surface area contributed by atoms with Crippen molar-refractivity contribution < 1.29 is 4.74 Å². The molecule has 0 saturated heterocycles. The van der Waals surface area contributed by atoms with Crippen molar-refractivity contribution in [2.24, 2.45) is 11.1 Å². The van der Waals surface area contributed by atoms with Gasteiger partial charge in [0, 0.05) is 6.04 Å². The van der Waals surface area contributed by atoms with Gasteiger partial charge in [-0.2, -0.15) is 0 Å². The summed E-state index contributed by atoms with van der Waals surface area (Å²) in [5.74, 6) is 0.963. The predicted octanol–water partition coefficient (Wildman–Crippen LogP) is 3.15. The number of ether oxygens (including phenoxy) is 1. The highest BCUT2D eigenvalue weighted by Crippen LogP contribution is 2.41. The molecule has 1 aromatic carbocycles. The second kappa shape index (κ2) is 5.09. The Hall–Kier alpha value is -1.02. The summed E-state index contributed by atoms with van der Waals surface area (Å²) in [6.07, 6.45) is 6.11. The molecule has 2 heteroatoms. The SMILES string of the molecule is COc1ccccc1CC(N)C1(C)CCCC1. The highest BCUT2D eigenvalue weighted by molar-refractivity contribution is 5.34. The van der Waals surface area contributed by atoms with Crippen LogP contribution in [-0.2, 0) is 6.42 Å². The van der Waals surface area contributed by atoms with E-state index in [0.717, 1.165) is 12.2 Å². The second-order valence-corrected chi connectivity index (χ2v) is 5.48. The summed E-state index contributed by atoms with van der Waals surface area (Å²) in [7, 11) is 1.72. The Morgan fingerprint density at radius 3 is 2.59 bits per heavy atom. The highest BCUT2D eigenvalue weighted by atomic mass is 16.5. The van der Waals surface area contributed by atoms with Crippen molar-refractivity contribution >= 4 is 0 Å². The lowest BCUT2D eigenvalue weighted by Crippen LogP contribution is -2.39. The first-order valence-electron chi connectivity index (χ1n) is 6.53. The van der Waals surface area contributed by atoms with Gasteiger partial charge in [-0.05, 0) is 36.3 Å². The minimum atomic E-state index is 0.237. The Bertz CT molecular complexity index is 369. The Kier molecular flexibility index (Phi) is 3.72. The van der Waals surface area contributed by atoms with Crippen LogP contribution in [0.4, 0.5) is 0 Å². The standard InChI is InChI=1S/C15H23NO/c1-15(9-5-6-10-15)14(16)11-12-7-3-4-8-13(12)17-2/h3-4,7-8,14H,5-6,9-11,16H2,1-2H3. The molecule has 1 saturated carbocycles. The van der Waals surface area contributed by atoms with E-state index < -0.39 is 0 Å². The third-order valence-electron chi connectivity index (χ3n) is 4.27. The molecule has 1 unspecified atom stereocenters. The monoisotopic (exact) mass is 233 g/mol. The van der Waals surface area contributed by atoms with E-state index in [1.54, 1.807) is 7.11 Å². The number of nitrogens with two attached hydrogens (primary N) is 1. The molecule has 0 aliphatic heterocycles. The minimum absolute atomic E-state index is 0.237. The Morgan fingerprint density at radius 2 is 1.94 bits per heavy atom. The molecule has 2 N–H and O–H groups in total. The zero-order chi connectivity index (χ0) is 12.3. The summed E-state index contributed by atoms with van der Waals surface area (Å²) in [5.41, 5.74) is 7.97. The van der Waals surface area contributed by atoms with Gasteiger partial charge in [0.15, 0.2) is 0 Å². The maximum atomic E-state index is 6.41. The van der Waals surface area contributed by atoms with Crippen LogP contribution in [-0.4, -0.2) is 13.2 Å². The zero-order valence-corrected chi connectivity index (χ0v) is 10.9. The van der Waals surface area contributed by atoms with Crippen molar-refractivity contribution in [2.75, 3.05) is 7.11 Å². The molecule has 1 aliphatic carbocycles. The van der Waals surface area contributed by atoms with Gasteiger partial charge in [-0.15, -0.1) is 0 Å². The lowest BCUT2D eigenvalue weighted by molar-refractivity contribution is 0.258. The smallest absolute Gasteiger partial charge is 0.122 e. The van der Waals surface area contributed by atoms with Crippen LogP contribution in [0.2, 0.25) is 0 Å². The number of para-hydroxylation sites is 1. The van der Waals surface area contributed by atoms with E-state index >= 15 is 0 Å². The summed E-state index contributed by atoms with van der Waals surface area (Å²) < 4.78 is 5.39. The molecule has 0 spiro atoms. The summed E-state index contributed by atoms with van der Waals surface area (Å²) in [6, 6.07) is 8.43. The minimum Gasteiger partial charge on any atom is -0.496 e. The summed E-state index contributed by atoms with van der Waals surface area (Å²) in [5, 5.41) is 0. The van der Waals surface area contributed by atoms with E-state index in [1.165, 1.54) is 31.2 Å². The van der Waals surface area contributed by atoms with Crippen molar-refractivity contribution in [1.82, 2.24) is 0 Å². The van der Waals surface area contributed by atoms with E-state index in [2.05, 4.69) is 19.1 Å². The topological polar surface area (TPSA) is 35.2 Å². The van der Waals surface area contributed by atoms with Gasteiger partial charge in [-0.25, -0.2) is 0 Å². The van der Waals surface area contributed by atoms with Gasteiger partial charge in [0.25, 0.3) is 0 Å². The van der Waals surface area contributed by atoms with Crippen LogP contribution < -0.4 is 10.5 Å². The van der Waals surface area contributed by atoms with Crippen molar-refractivity contribution in [3.8, 4) is 5.75 Å². The third-order valence-corrected chi connectivity index (χ3v) is 4.27. The molecule has 1 aromatic rings. The summed E-state index contributed by atoms with van der Waals surface area (Å²) in [6.45, 7) is 2.33. The van der Waals surface area contributed by atoms with E-state index in [-0.39, 0.29) is 6.04 Å². The maximum Gasteiger partial charge on any atom is 0.122 e. The normalized spacial score (nSPS) is 20.2. The fraction of sp³-hybridized carbons (Fsp3) is 0.600. The quantitative estimate of drug-likeness (QED) is 0.867. The van der Waals surface area contributed by atoms with Gasteiger partial charge in [-0.1, -0.05) is 38.0 Å². The average Bonchev–Trinajstić information content (AvgIpc) is 2.78. The fourth-order valence-corrected chi connectivity index (χ4v) is 2.91. The van der Waals surface area contributed by atoms with Crippen LogP contribution in [0.15, 0.2) is 24.3 Å². The number of hydrogen-bond donors (Lipinski definition) is 1. The van der Waals surface area contributed by atoms with Gasteiger partial charge >= 0.3 is 0 Å². The van der Waals surface area contributed by atoms with Crippen molar-refractivity contribution in [2.45, 2.75) is 45.1 Å². The first-order chi connectivity index (χ1) is 8.15.